The van der Waals surface area contributed by atoms with Gasteiger partial charge in [0, 0.05) is 29.9 Å². The Morgan fingerprint density at radius 2 is 1.70 bits per heavy atom. The number of nitrogens with one attached hydrogen (secondary N) is 2. The molecule has 7 nitrogen and oxygen atoms in total. The molecule has 2 amide bonds. The number of halogens is 3. The van der Waals surface area contributed by atoms with Crippen LogP contribution < -0.4 is 15.5 Å². The molecule has 2 aliphatic rings. The van der Waals surface area contributed by atoms with E-state index in [1.54, 1.807) is 29.2 Å². The number of hydrogen-bond donors (Lipinski definition) is 2. The fourth-order valence-corrected chi connectivity index (χ4v) is 4.36. The van der Waals surface area contributed by atoms with E-state index in [9.17, 15) is 22.8 Å². The van der Waals surface area contributed by atoms with Crippen molar-refractivity contribution < 1.29 is 27.5 Å². The van der Waals surface area contributed by atoms with Crippen molar-refractivity contribution in [2.75, 3.05) is 36.5 Å². The lowest BCUT2D eigenvalue weighted by Gasteiger charge is -2.31. The molecule has 10 heteroatoms. The first-order valence-corrected chi connectivity index (χ1v) is 11.7. The van der Waals surface area contributed by atoms with Gasteiger partial charge in [0.1, 0.15) is 0 Å². The second-order valence-corrected chi connectivity index (χ2v) is 8.58. The number of aliphatic imine (C=N–C) groups is 1. The largest absolute Gasteiger partial charge is 0.416 e. The van der Waals surface area contributed by atoms with Gasteiger partial charge < -0.3 is 20.3 Å². The van der Waals surface area contributed by atoms with Crippen LogP contribution in [-0.2, 0) is 15.7 Å². The number of benzene rings is 3. The highest BCUT2D eigenvalue weighted by molar-refractivity contribution is 6.20. The normalized spacial score (nSPS) is 17.8. The van der Waals surface area contributed by atoms with E-state index in [0.29, 0.717) is 49.0 Å². The number of carbonyl (C=O) groups is 2. The SMILES string of the molecule is O=C(N[C@H]1N=C(c2ccccc2)c2ccccc2NC1=O)c1cc(C(F)(F)F)ccc1N1CCOCC1. The number of benzodiazepines with no additional fused rings is 1. The van der Waals surface area contributed by atoms with Crippen molar-refractivity contribution in [2.45, 2.75) is 12.3 Å². The van der Waals surface area contributed by atoms with E-state index in [-0.39, 0.29) is 5.56 Å². The lowest BCUT2D eigenvalue weighted by molar-refractivity contribution is -0.137. The van der Waals surface area contributed by atoms with Gasteiger partial charge in [0.25, 0.3) is 11.8 Å². The number of amides is 2. The Kier molecular flexibility index (Phi) is 6.66. The van der Waals surface area contributed by atoms with Crippen molar-refractivity contribution in [3.63, 3.8) is 0 Å². The summed E-state index contributed by atoms with van der Waals surface area (Å²) < 4.78 is 45.9. The topological polar surface area (TPSA) is 83.0 Å². The molecule has 1 atom stereocenters. The second-order valence-electron chi connectivity index (χ2n) is 8.58. The summed E-state index contributed by atoms with van der Waals surface area (Å²) in [6.07, 6.45) is -6.01. The molecule has 0 unspecified atom stereocenters. The molecule has 37 heavy (non-hydrogen) atoms. The highest BCUT2D eigenvalue weighted by Gasteiger charge is 2.34. The minimum absolute atomic E-state index is 0.192. The summed E-state index contributed by atoms with van der Waals surface area (Å²) in [4.78, 5) is 32.9. The molecule has 2 N–H and O–H groups in total. The molecule has 2 aliphatic heterocycles. The molecule has 0 aromatic heterocycles. The highest BCUT2D eigenvalue weighted by Crippen LogP contribution is 2.33. The molecular formula is C27H23F3N4O3. The van der Waals surface area contributed by atoms with Crippen LogP contribution in [0.4, 0.5) is 24.5 Å². The molecular weight excluding hydrogens is 485 g/mol. The molecule has 3 aromatic rings. The number of nitrogens with zero attached hydrogens (tertiary/aromatic N) is 2. The van der Waals surface area contributed by atoms with Crippen LogP contribution in [0.5, 0.6) is 0 Å². The smallest absolute Gasteiger partial charge is 0.378 e. The van der Waals surface area contributed by atoms with Gasteiger partial charge in [-0.15, -0.1) is 0 Å². The summed E-state index contributed by atoms with van der Waals surface area (Å²) in [7, 11) is 0. The zero-order valence-electron chi connectivity index (χ0n) is 19.6. The fourth-order valence-electron chi connectivity index (χ4n) is 4.36. The summed E-state index contributed by atoms with van der Waals surface area (Å²) in [6.45, 7) is 1.61. The third-order valence-corrected chi connectivity index (χ3v) is 6.18. The number of anilines is 2. The second kappa shape index (κ2) is 10.1. The van der Waals surface area contributed by atoms with E-state index < -0.39 is 29.7 Å². The summed E-state index contributed by atoms with van der Waals surface area (Å²) in [5, 5.41) is 5.32. The van der Waals surface area contributed by atoms with Crippen LogP contribution in [0.15, 0.2) is 77.8 Å². The zero-order chi connectivity index (χ0) is 26.0. The Bertz CT molecular complexity index is 1350. The monoisotopic (exact) mass is 508 g/mol. The third-order valence-electron chi connectivity index (χ3n) is 6.18. The van der Waals surface area contributed by atoms with Crippen LogP contribution in [0.3, 0.4) is 0 Å². The number of alkyl halides is 3. The standard InChI is InChI=1S/C27H23F3N4O3/c28-27(29,30)18-10-11-22(34-12-14-37-15-13-34)20(16-18)25(35)33-24-26(36)31-21-9-5-4-8-19(21)23(32-24)17-6-2-1-3-7-17/h1-11,16,24H,12-15H2,(H,31,36)(H,33,35)/t24-/m1/s1. The number of morpholine rings is 1. The first kappa shape index (κ1) is 24.5. The van der Waals surface area contributed by atoms with Crippen LogP contribution in [0.1, 0.15) is 27.0 Å². The molecule has 1 fully saturated rings. The maximum atomic E-state index is 13.5. The van der Waals surface area contributed by atoms with Crippen molar-refractivity contribution >= 4 is 28.9 Å². The Morgan fingerprint density at radius 3 is 2.43 bits per heavy atom. The molecule has 2 heterocycles. The number of fused-ring (bicyclic) bond motifs is 1. The zero-order valence-corrected chi connectivity index (χ0v) is 19.6. The van der Waals surface area contributed by atoms with Gasteiger partial charge in [-0.3, -0.25) is 9.59 Å². The van der Waals surface area contributed by atoms with Crippen LogP contribution in [0, 0.1) is 0 Å². The van der Waals surface area contributed by atoms with Gasteiger partial charge in [-0.25, -0.2) is 4.99 Å². The van der Waals surface area contributed by atoms with Crippen LogP contribution >= 0.6 is 0 Å². The molecule has 3 aromatic carbocycles. The maximum absolute atomic E-state index is 13.5. The molecule has 190 valence electrons. The van der Waals surface area contributed by atoms with Crippen LogP contribution in [0.2, 0.25) is 0 Å². The predicted molar refractivity (Wildman–Crippen MR) is 133 cm³/mol. The Morgan fingerprint density at radius 1 is 1.00 bits per heavy atom. The van der Waals surface area contributed by atoms with E-state index in [0.717, 1.165) is 17.7 Å². The van der Waals surface area contributed by atoms with Gasteiger partial charge in [0.2, 0.25) is 6.17 Å². The molecule has 5 rings (SSSR count). The van der Waals surface area contributed by atoms with Gasteiger partial charge in [-0.05, 0) is 24.3 Å². The van der Waals surface area contributed by atoms with Gasteiger partial charge in [0.05, 0.1) is 35.7 Å². The van der Waals surface area contributed by atoms with Crippen LogP contribution in [0.25, 0.3) is 0 Å². The van der Waals surface area contributed by atoms with Crippen molar-refractivity contribution in [2.24, 2.45) is 4.99 Å². The first-order valence-electron chi connectivity index (χ1n) is 11.7. The molecule has 0 saturated carbocycles. The predicted octanol–water partition coefficient (Wildman–Crippen LogP) is 4.09. The van der Waals surface area contributed by atoms with E-state index in [4.69, 9.17) is 4.74 Å². The van der Waals surface area contributed by atoms with Crippen LogP contribution in [-0.4, -0.2) is 50.0 Å². The fraction of sp³-hybridized carbons (Fsp3) is 0.222. The van der Waals surface area contributed by atoms with Crippen molar-refractivity contribution in [1.29, 1.82) is 0 Å². The summed E-state index contributed by atoms with van der Waals surface area (Å²) in [5.41, 5.74) is 1.55. The minimum atomic E-state index is -4.64. The minimum Gasteiger partial charge on any atom is -0.378 e. The highest BCUT2D eigenvalue weighted by atomic mass is 19.4. The number of rotatable bonds is 4. The van der Waals surface area contributed by atoms with E-state index >= 15 is 0 Å². The lowest BCUT2D eigenvalue weighted by atomic mass is 10.0. The first-order chi connectivity index (χ1) is 17.8. The third kappa shape index (κ3) is 5.19. The quantitative estimate of drug-likeness (QED) is 0.556. The van der Waals surface area contributed by atoms with Crippen molar-refractivity contribution in [1.82, 2.24) is 5.32 Å². The summed E-state index contributed by atoms with van der Waals surface area (Å²) in [6, 6.07) is 19.3. The Labute approximate surface area is 211 Å². The van der Waals surface area contributed by atoms with E-state index in [1.165, 1.54) is 6.07 Å². The Hall–Kier alpha value is -4.18. The van der Waals surface area contributed by atoms with Gasteiger partial charge >= 0.3 is 6.18 Å². The van der Waals surface area contributed by atoms with Crippen molar-refractivity contribution in [3.05, 3.63) is 95.1 Å². The number of hydrogen-bond acceptors (Lipinski definition) is 5. The Balaban J connectivity index is 1.53. The van der Waals surface area contributed by atoms with Crippen molar-refractivity contribution in [3.8, 4) is 0 Å². The van der Waals surface area contributed by atoms with E-state index in [1.807, 2.05) is 30.3 Å². The molecule has 0 radical (unpaired) electrons. The van der Waals surface area contributed by atoms with Gasteiger partial charge in [0.15, 0.2) is 0 Å². The molecule has 0 bridgehead atoms. The number of ether oxygens (including phenoxy) is 1. The van der Waals surface area contributed by atoms with E-state index in [2.05, 4.69) is 15.6 Å². The summed E-state index contributed by atoms with van der Waals surface area (Å²) in [5.74, 6) is -1.44. The average molecular weight is 509 g/mol. The lowest BCUT2D eigenvalue weighted by Crippen LogP contribution is -2.43. The van der Waals surface area contributed by atoms with Gasteiger partial charge in [-0.1, -0.05) is 48.5 Å². The molecule has 1 saturated heterocycles. The molecule has 0 spiro atoms. The maximum Gasteiger partial charge on any atom is 0.416 e. The van der Waals surface area contributed by atoms with Gasteiger partial charge in [-0.2, -0.15) is 13.2 Å². The number of para-hydroxylation sites is 1. The average Bonchev–Trinajstić information content (AvgIpc) is 3.05. The number of carbonyl (C=O) groups excluding carboxylic acids is 2. The molecule has 0 aliphatic carbocycles. The summed E-state index contributed by atoms with van der Waals surface area (Å²) >= 11 is 0.